The Balaban J connectivity index is 1.38. The number of likely N-dealkylation sites (tertiary alicyclic amines) is 1. The second-order valence-corrected chi connectivity index (χ2v) is 7.43. The Kier molecular flexibility index (Phi) is 6.93. The zero-order valence-electron chi connectivity index (χ0n) is 16.0. The molecule has 0 N–H and O–H groups in total. The fourth-order valence-corrected chi connectivity index (χ4v) is 3.67. The van der Waals surface area contributed by atoms with Crippen LogP contribution in [0.4, 0.5) is 4.39 Å². The van der Waals surface area contributed by atoms with Crippen LogP contribution >= 0.6 is 0 Å². The van der Waals surface area contributed by atoms with Gasteiger partial charge in [-0.1, -0.05) is 18.2 Å². The molecule has 0 aliphatic carbocycles. The number of amides is 1. The van der Waals surface area contributed by atoms with Gasteiger partial charge in [0.25, 0.3) is 0 Å². The van der Waals surface area contributed by atoms with Crippen molar-refractivity contribution < 1.29 is 9.18 Å². The van der Waals surface area contributed by atoms with E-state index in [2.05, 4.69) is 9.88 Å². The Labute approximate surface area is 161 Å². The topological polar surface area (TPSA) is 36.4 Å². The normalized spacial score (nSPS) is 15.6. The number of halogens is 1. The first-order valence-corrected chi connectivity index (χ1v) is 9.70. The first-order valence-electron chi connectivity index (χ1n) is 9.70. The average molecular weight is 369 g/mol. The average Bonchev–Trinajstić information content (AvgIpc) is 2.69. The van der Waals surface area contributed by atoms with Crippen molar-refractivity contribution in [2.45, 2.75) is 25.7 Å². The van der Waals surface area contributed by atoms with E-state index < -0.39 is 0 Å². The highest BCUT2D eigenvalue weighted by Gasteiger charge is 2.22. The molecule has 1 amide bonds. The first-order chi connectivity index (χ1) is 13.1. The lowest BCUT2D eigenvalue weighted by Crippen LogP contribution is -2.40. The summed E-state index contributed by atoms with van der Waals surface area (Å²) in [5.41, 5.74) is 1.80. The minimum absolute atomic E-state index is 0.110. The van der Waals surface area contributed by atoms with E-state index in [0.717, 1.165) is 56.6 Å². The fourth-order valence-electron chi connectivity index (χ4n) is 3.67. The molecule has 0 saturated carbocycles. The van der Waals surface area contributed by atoms with Gasteiger partial charge in [0.15, 0.2) is 0 Å². The Bertz CT molecular complexity index is 729. The van der Waals surface area contributed by atoms with Crippen LogP contribution in [0.1, 0.15) is 24.0 Å². The standard InChI is InChI=1S/C22H28FN3O/c1-25(22(27)16-18-6-11-24-12-7-18)17-19-8-13-26(14-9-19)15-10-20-4-2-3-5-21(20)23/h2-7,11-12,19H,8-10,13-17H2,1H3. The van der Waals surface area contributed by atoms with E-state index >= 15 is 0 Å². The SMILES string of the molecule is CN(CC1CCN(CCc2ccccc2F)CC1)C(=O)Cc1ccncc1. The van der Waals surface area contributed by atoms with Crippen LogP contribution in [0.15, 0.2) is 48.8 Å². The molecule has 27 heavy (non-hydrogen) atoms. The number of likely N-dealkylation sites (N-methyl/N-ethyl adjacent to an activating group) is 1. The molecule has 0 unspecified atom stereocenters. The van der Waals surface area contributed by atoms with Crippen LogP contribution in [0.3, 0.4) is 0 Å². The summed E-state index contributed by atoms with van der Waals surface area (Å²) < 4.78 is 13.7. The van der Waals surface area contributed by atoms with E-state index in [1.165, 1.54) is 6.07 Å². The minimum atomic E-state index is -0.110. The molecule has 3 rings (SSSR count). The summed E-state index contributed by atoms with van der Waals surface area (Å²) >= 11 is 0. The summed E-state index contributed by atoms with van der Waals surface area (Å²) in [6.45, 7) is 3.74. The molecule has 5 heteroatoms. The number of hydrogen-bond donors (Lipinski definition) is 0. The van der Waals surface area contributed by atoms with Gasteiger partial charge >= 0.3 is 0 Å². The predicted molar refractivity (Wildman–Crippen MR) is 105 cm³/mol. The fraction of sp³-hybridized carbons (Fsp3) is 0.455. The Hall–Kier alpha value is -2.27. The van der Waals surface area contributed by atoms with Crippen LogP contribution in [-0.4, -0.2) is 53.9 Å². The lowest BCUT2D eigenvalue weighted by molar-refractivity contribution is -0.129. The smallest absolute Gasteiger partial charge is 0.226 e. The molecular weight excluding hydrogens is 341 g/mol. The zero-order valence-corrected chi connectivity index (χ0v) is 16.0. The molecule has 1 aliphatic rings. The van der Waals surface area contributed by atoms with E-state index in [1.54, 1.807) is 18.5 Å². The number of pyridine rings is 1. The summed E-state index contributed by atoms with van der Waals surface area (Å²) in [5.74, 6) is 0.589. The molecule has 0 atom stereocenters. The number of hydrogen-bond acceptors (Lipinski definition) is 3. The van der Waals surface area contributed by atoms with Crippen LogP contribution in [-0.2, 0) is 17.6 Å². The minimum Gasteiger partial charge on any atom is -0.345 e. The molecule has 0 radical (unpaired) electrons. The van der Waals surface area contributed by atoms with Crippen LogP contribution in [0.5, 0.6) is 0 Å². The molecule has 0 bridgehead atoms. The van der Waals surface area contributed by atoms with Gasteiger partial charge in [-0.25, -0.2) is 4.39 Å². The molecule has 1 aromatic carbocycles. The van der Waals surface area contributed by atoms with Gasteiger partial charge in [0.2, 0.25) is 5.91 Å². The lowest BCUT2D eigenvalue weighted by Gasteiger charge is -2.34. The number of rotatable bonds is 7. The maximum atomic E-state index is 13.7. The molecule has 0 spiro atoms. The van der Waals surface area contributed by atoms with Crippen LogP contribution < -0.4 is 0 Å². The zero-order chi connectivity index (χ0) is 19.1. The van der Waals surface area contributed by atoms with Gasteiger partial charge in [0.1, 0.15) is 5.82 Å². The first kappa shape index (κ1) is 19.5. The summed E-state index contributed by atoms with van der Waals surface area (Å²) in [6, 6.07) is 10.8. The van der Waals surface area contributed by atoms with Gasteiger partial charge < -0.3 is 9.80 Å². The quantitative estimate of drug-likeness (QED) is 0.752. The van der Waals surface area contributed by atoms with Gasteiger partial charge in [-0.15, -0.1) is 0 Å². The molecular formula is C22H28FN3O. The highest BCUT2D eigenvalue weighted by molar-refractivity contribution is 5.78. The van der Waals surface area contributed by atoms with Crippen molar-refractivity contribution in [3.05, 3.63) is 65.7 Å². The highest BCUT2D eigenvalue weighted by Crippen LogP contribution is 2.19. The second-order valence-electron chi connectivity index (χ2n) is 7.43. The summed E-state index contributed by atoms with van der Waals surface area (Å²) in [4.78, 5) is 20.7. The third-order valence-electron chi connectivity index (χ3n) is 5.42. The predicted octanol–water partition coefficient (Wildman–Crippen LogP) is 3.18. The number of nitrogens with zero attached hydrogens (tertiary/aromatic N) is 3. The molecule has 1 aliphatic heterocycles. The highest BCUT2D eigenvalue weighted by atomic mass is 19.1. The van der Waals surface area contributed by atoms with Gasteiger partial charge in [-0.3, -0.25) is 9.78 Å². The Morgan fingerprint density at radius 1 is 1.19 bits per heavy atom. The monoisotopic (exact) mass is 369 g/mol. The van der Waals surface area contributed by atoms with E-state index in [-0.39, 0.29) is 11.7 Å². The number of benzene rings is 1. The molecule has 2 heterocycles. The van der Waals surface area contributed by atoms with E-state index in [9.17, 15) is 9.18 Å². The maximum Gasteiger partial charge on any atom is 0.226 e. The molecule has 1 fully saturated rings. The van der Waals surface area contributed by atoms with Crippen LogP contribution in [0.2, 0.25) is 0 Å². The van der Waals surface area contributed by atoms with Gasteiger partial charge in [0.05, 0.1) is 6.42 Å². The van der Waals surface area contributed by atoms with Crippen molar-refractivity contribution in [1.29, 1.82) is 0 Å². The van der Waals surface area contributed by atoms with Crippen molar-refractivity contribution in [1.82, 2.24) is 14.8 Å². The maximum absolute atomic E-state index is 13.7. The molecule has 1 aromatic heterocycles. The third kappa shape index (κ3) is 5.86. The molecule has 4 nitrogen and oxygen atoms in total. The largest absolute Gasteiger partial charge is 0.345 e. The molecule has 144 valence electrons. The Morgan fingerprint density at radius 2 is 1.89 bits per heavy atom. The second kappa shape index (κ2) is 9.60. The number of carbonyl (C=O) groups is 1. The molecule has 2 aromatic rings. The van der Waals surface area contributed by atoms with Gasteiger partial charge in [-0.05, 0) is 67.6 Å². The van der Waals surface area contributed by atoms with Crippen molar-refractivity contribution in [2.24, 2.45) is 5.92 Å². The molecule has 1 saturated heterocycles. The van der Waals surface area contributed by atoms with E-state index in [0.29, 0.717) is 12.3 Å². The van der Waals surface area contributed by atoms with Gasteiger partial charge in [-0.2, -0.15) is 0 Å². The summed E-state index contributed by atoms with van der Waals surface area (Å²) in [6.07, 6.45) is 6.80. The van der Waals surface area contributed by atoms with Crippen molar-refractivity contribution in [2.75, 3.05) is 33.2 Å². The summed E-state index contributed by atoms with van der Waals surface area (Å²) in [7, 11) is 1.90. The van der Waals surface area contributed by atoms with Crippen LogP contribution in [0, 0.1) is 11.7 Å². The lowest BCUT2D eigenvalue weighted by atomic mass is 9.95. The summed E-state index contributed by atoms with van der Waals surface area (Å²) in [5, 5.41) is 0. The van der Waals surface area contributed by atoms with Crippen molar-refractivity contribution in [3.8, 4) is 0 Å². The number of piperidine rings is 1. The third-order valence-corrected chi connectivity index (χ3v) is 5.42. The van der Waals surface area contributed by atoms with E-state index in [4.69, 9.17) is 0 Å². The van der Waals surface area contributed by atoms with Gasteiger partial charge in [0, 0.05) is 32.5 Å². The van der Waals surface area contributed by atoms with Crippen LogP contribution in [0.25, 0.3) is 0 Å². The Morgan fingerprint density at radius 3 is 2.59 bits per heavy atom. The number of carbonyl (C=O) groups excluding carboxylic acids is 1. The van der Waals surface area contributed by atoms with Crippen molar-refractivity contribution in [3.63, 3.8) is 0 Å². The van der Waals surface area contributed by atoms with Crippen molar-refractivity contribution >= 4 is 5.91 Å². The van der Waals surface area contributed by atoms with E-state index in [1.807, 2.05) is 36.2 Å². The number of aromatic nitrogens is 1.